The van der Waals surface area contributed by atoms with Gasteiger partial charge in [-0.05, 0) is 48.0 Å². The molecule has 5 heteroatoms. The molecule has 2 aromatic carbocycles. The van der Waals surface area contributed by atoms with Crippen LogP contribution in [0.25, 0.3) is 16.8 Å². The lowest BCUT2D eigenvalue weighted by molar-refractivity contribution is -0.124. The summed E-state index contributed by atoms with van der Waals surface area (Å²) in [7, 11) is 1.60. The molecule has 2 amide bonds. The number of fused-ring (bicyclic) bond motifs is 1. The molecule has 2 aromatic rings. The Morgan fingerprint density at radius 2 is 1.96 bits per heavy atom. The van der Waals surface area contributed by atoms with Gasteiger partial charge in [-0.25, -0.2) is 0 Å². The van der Waals surface area contributed by atoms with Crippen molar-refractivity contribution < 1.29 is 14.3 Å². The van der Waals surface area contributed by atoms with Gasteiger partial charge < -0.3 is 4.74 Å². The largest absolute Gasteiger partial charge is 0.496 e. The van der Waals surface area contributed by atoms with Crippen LogP contribution in [0.1, 0.15) is 25.8 Å². The maximum atomic E-state index is 12.6. The number of amides is 2. The number of hydrogen-bond donors (Lipinski definition) is 0. The number of carbonyl (C=O) groups is 2. The number of methoxy groups -OCH3 is 1. The molecule has 1 aliphatic rings. The second-order valence-electron chi connectivity index (χ2n) is 5.71. The Balaban J connectivity index is 2.10. The van der Waals surface area contributed by atoms with Gasteiger partial charge in [0.05, 0.1) is 12.0 Å². The number of imide groups is 1. The quantitative estimate of drug-likeness (QED) is 0.757. The zero-order chi connectivity index (χ0) is 17.3. The van der Waals surface area contributed by atoms with Gasteiger partial charge in [0.25, 0.3) is 11.1 Å². The molecular weight excluding hydrogens is 322 g/mol. The van der Waals surface area contributed by atoms with Crippen LogP contribution in [0.4, 0.5) is 4.79 Å². The van der Waals surface area contributed by atoms with Crippen LogP contribution in [-0.4, -0.2) is 29.2 Å². The number of thioether (sulfide) groups is 1. The van der Waals surface area contributed by atoms with E-state index in [1.165, 1.54) is 4.90 Å². The number of benzene rings is 2. The summed E-state index contributed by atoms with van der Waals surface area (Å²) in [6.07, 6.45) is 2.51. The summed E-state index contributed by atoms with van der Waals surface area (Å²) in [4.78, 5) is 26.6. The average Bonchev–Trinajstić information content (AvgIpc) is 2.88. The van der Waals surface area contributed by atoms with Crippen molar-refractivity contribution in [2.24, 2.45) is 0 Å². The highest BCUT2D eigenvalue weighted by Gasteiger charge is 2.37. The topological polar surface area (TPSA) is 46.6 Å². The molecule has 1 saturated heterocycles. The summed E-state index contributed by atoms with van der Waals surface area (Å²) in [5, 5.41) is 1.85. The van der Waals surface area contributed by atoms with Crippen molar-refractivity contribution in [2.45, 2.75) is 26.3 Å². The zero-order valence-electron chi connectivity index (χ0n) is 13.9. The van der Waals surface area contributed by atoms with Gasteiger partial charge in [-0.1, -0.05) is 37.3 Å². The second-order valence-corrected chi connectivity index (χ2v) is 6.70. The fourth-order valence-corrected chi connectivity index (χ4v) is 3.69. The van der Waals surface area contributed by atoms with Gasteiger partial charge in [0, 0.05) is 11.6 Å². The van der Waals surface area contributed by atoms with Gasteiger partial charge in [0.1, 0.15) is 5.75 Å². The van der Waals surface area contributed by atoms with E-state index in [2.05, 4.69) is 0 Å². The zero-order valence-corrected chi connectivity index (χ0v) is 14.7. The third-order valence-corrected chi connectivity index (χ3v) is 5.16. The first kappa shape index (κ1) is 16.6. The Kier molecular flexibility index (Phi) is 4.62. The van der Waals surface area contributed by atoms with E-state index in [1.54, 1.807) is 13.2 Å². The molecule has 1 atom stereocenters. The molecule has 1 aliphatic heterocycles. The second kappa shape index (κ2) is 6.69. The van der Waals surface area contributed by atoms with Crippen LogP contribution in [0.2, 0.25) is 0 Å². The molecule has 0 bridgehead atoms. The summed E-state index contributed by atoms with van der Waals surface area (Å²) >= 11 is 0.991. The Morgan fingerprint density at radius 3 is 2.67 bits per heavy atom. The summed E-state index contributed by atoms with van der Waals surface area (Å²) in [5.74, 6) is 0.457. The number of ether oxygens (including phenoxy) is 1. The molecule has 4 nitrogen and oxygen atoms in total. The van der Waals surface area contributed by atoms with E-state index < -0.39 is 0 Å². The van der Waals surface area contributed by atoms with E-state index in [1.807, 2.05) is 50.2 Å². The highest BCUT2D eigenvalue weighted by atomic mass is 32.2. The number of hydrogen-bond acceptors (Lipinski definition) is 4. The number of carbonyl (C=O) groups excluding carboxylic acids is 2. The Hall–Kier alpha value is -2.27. The minimum absolute atomic E-state index is 0.0992. The SMILES string of the molecule is CC[C@H](C)N1C(=O)S/C(=C\c2c(OC)ccc3ccccc23)C1=O. The van der Waals surface area contributed by atoms with Crippen LogP contribution in [-0.2, 0) is 4.79 Å². The monoisotopic (exact) mass is 341 g/mol. The van der Waals surface area contributed by atoms with E-state index in [-0.39, 0.29) is 17.2 Å². The lowest BCUT2D eigenvalue weighted by Gasteiger charge is -2.19. The molecule has 124 valence electrons. The van der Waals surface area contributed by atoms with Crippen LogP contribution < -0.4 is 4.74 Å². The molecular formula is C19H19NO3S. The van der Waals surface area contributed by atoms with Crippen LogP contribution in [0, 0.1) is 0 Å². The normalized spacial score (nSPS) is 17.8. The third kappa shape index (κ3) is 2.80. The predicted molar refractivity (Wildman–Crippen MR) is 98.1 cm³/mol. The fourth-order valence-electron chi connectivity index (χ4n) is 2.78. The predicted octanol–water partition coefficient (Wildman–Crippen LogP) is 4.68. The molecule has 3 rings (SSSR count). The van der Waals surface area contributed by atoms with Crippen molar-refractivity contribution in [2.75, 3.05) is 7.11 Å². The van der Waals surface area contributed by atoms with Crippen molar-refractivity contribution in [1.29, 1.82) is 0 Å². The lowest BCUT2D eigenvalue weighted by atomic mass is 10.0. The summed E-state index contributed by atoms with van der Waals surface area (Å²) in [5.41, 5.74) is 0.824. The van der Waals surface area contributed by atoms with Gasteiger partial charge in [-0.2, -0.15) is 0 Å². The first-order valence-corrected chi connectivity index (χ1v) is 8.71. The summed E-state index contributed by atoms with van der Waals surface area (Å²) in [6, 6.07) is 11.7. The Labute approximate surface area is 145 Å². The van der Waals surface area contributed by atoms with Crippen LogP contribution in [0.15, 0.2) is 41.3 Å². The molecule has 0 aromatic heterocycles. The highest BCUT2D eigenvalue weighted by molar-refractivity contribution is 8.18. The Bertz CT molecular complexity index is 844. The molecule has 0 spiro atoms. The average molecular weight is 341 g/mol. The van der Waals surface area contributed by atoms with Gasteiger partial charge in [-0.3, -0.25) is 14.5 Å². The van der Waals surface area contributed by atoms with Crippen molar-refractivity contribution in [3.63, 3.8) is 0 Å². The molecule has 0 aliphatic carbocycles. The van der Waals surface area contributed by atoms with E-state index >= 15 is 0 Å². The summed E-state index contributed by atoms with van der Waals surface area (Å²) in [6.45, 7) is 3.85. The van der Waals surface area contributed by atoms with Crippen molar-refractivity contribution >= 4 is 39.8 Å². The van der Waals surface area contributed by atoms with Crippen molar-refractivity contribution in [1.82, 2.24) is 4.90 Å². The maximum Gasteiger partial charge on any atom is 0.293 e. The molecule has 0 unspecified atom stereocenters. The summed E-state index contributed by atoms with van der Waals surface area (Å²) < 4.78 is 5.46. The first-order valence-electron chi connectivity index (χ1n) is 7.89. The molecule has 24 heavy (non-hydrogen) atoms. The molecule has 0 N–H and O–H groups in total. The minimum Gasteiger partial charge on any atom is -0.496 e. The van der Waals surface area contributed by atoms with E-state index in [0.717, 1.165) is 34.5 Å². The van der Waals surface area contributed by atoms with E-state index in [0.29, 0.717) is 10.7 Å². The van der Waals surface area contributed by atoms with Crippen LogP contribution >= 0.6 is 11.8 Å². The smallest absolute Gasteiger partial charge is 0.293 e. The van der Waals surface area contributed by atoms with Crippen LogP contribution in [0.3, 0.4) is 0 Å². The number of nitrogens with zero attached hydrogens (tertiary/aromatic N) is 1. The molecule has 1 heterocycles. The van der Waals surface area contributed by atoms with Crippen molar-refractivity contribution in [3.8, 4) is 5.75 Å². The van der Waals surface area contributed by atoms with E-state index in [4.69, 9.17) is 4.74 Å². The fraction of sp³-hybridized carbons (Fsp3) is 0.263. The Morgan fingerprint density at radius 1 is 1.21 bits per heavy atom. The molecule has 1 fully saturated rings. The standard InChI is InChI=1S/C19H19NO3S/c1-4-12(2)20-18(21)17(24-19(20)22)11-15-14-8-6-5-7-13(14)9-10-16(15)23-3/h5-12H,4H2,1-3H3/b17-11-/t12-/m0/s1. The van der Waals surface area contributed by atoms with Crippen LogP contribution in [0.5, 0.6) is 5.75 Å². The number of rotatable bonds is 4. The third-order valence-electron chi connectivity index (χ3n) is 4.28. The van der Waals surface area contributed by atoms with Gasteiger partial charge >= 0.3 is 0 Å². The van der Waals surface area contributed by atoms with E-state index in [9.17, 15) is 9.59 Å². The maximum absolute atomic E-state index is 12.6. The van der Waals surface area contributed by atoms with Gasteiger partial charge in [0.2, 0.25) is 0 Å². The van der Waals surface area contributed by atoms with Gasteiger partial charge in [-0.15, -0.1) is 0 Å². The molecule has 0 saturated carbocycles. The first-order chi connectivity index (χ1) is 11.6. The lowest BCUT2D eigenvalue weighted by Crippen LogP contribution is -2.36. The highest BCUT2D eigenvalue weighted by Crippen LogP contribution is 2.37. The minimum atomic E-state index is -0.227. The molecule has 0 radical (unpaired) electrons. The van der Waals surface area contributed by atoms with Crippen molar-refractivity contribution in [3.05, 3.63) is 46.9 Å². The van der Waals surface area contributed by atoms with Gasteiger partial charge in [0.15, 0.2) is 0 Å².